The van der Waals surface area contributed by atoms with E-state index in [2.05, 4.69) is 28.5 Å². The van der Waals surface area contributed by atoms with E-state index in [0.29, 0.717) is 5.56 Å². The fourth-order valence-electron chi connectivity index (χ4n) is 1.87. The van der Waals surface area contributed by atoms with E-state index in [1.54, 1.807) is 19.4 Å². The molecule has 0 bridgehead atoms. The predicted molar refractivity (Wildman–Crippen MR) is 78.8 cm³/mol. The molecule has 0 atom stereocenters. The first-order chi connectivity index (χ1) is 9.81. The van der Waals surface area contributed by atoms with Gasteiger partial charge < -0.3 is 10.1 Å². The van der Waals surface area contributed by atoms with E-state index in [1.165, 1.54) is 5.56 Å². The van der Waals surface area contributed by atoms with Crippen molar-refractivity contribution in [2.24, 2.45) is 0 Å². The number of benzene rings is 1. The van der Waals surface area contributed by atoms with E-state index in [-0.39, 0.29) is 0 Å². The van der Waals surface area contributed by atoms with Gasteiger partial charge in [-0.3, -0.25) is 0 Å². The molecule has 0 aliphatic rings. The number of nitrogens with zero attached hydrogens (tertiary/aromatic N) is 2. The summed E-state index contributed by atoms with van der Waals surface area (Å²) in [7, 11) is 1.67. The molecule has 0 radical (unpaired) electrons. The Balaban J connectivity index is 1.74. The molecule has 0 spiro atoms. The van der Waals surface area contributed by atoms with Crippen molar-refractivity contribution in [3.05, 3.63) is 53.7 Å². The summed E-state index contributed by atoms with van der Waals surface area (Å²) < 4.78 is 5.13. The Morgan fingerprint density at radius 3 is 2.60 bits per heavy atom. The monoisotopic (exact) mass is 267 g/mol. The number of hydrogen-bond acceptors (Lipinski definition) is 4. The summed E-state index contributed by atoms with van der Waals surface area (Å²) in [6.45, 7) is 0.852. The maximum Gasteiger partial charge on any atom is 0.125 e. The lowest BCUT2D eigenvalue weighted by molar-refractivity contribution is 0.414. The largest absolute Gasteiger partial charge is 0.497 e. The molecule has 1 N–H and O–H groups in total. The van der Waals surface area contributed by atoms with E-state index >= 15 is 0 Å². The first-order valence-corrected chi connectivity index (χ1v) is 6.55. The number of anilines is 1. The SMILES string of the molecule is COc1ccc(CCCNc2ccc(C#N)cn2)cc1. The van der Waals surface area contributed by atoms with Crippen LogP contribution in [0.2, 0.25) is 0 Å². The molecule has 2 rings (SSSR count). The summed E-state index contributed by atoms with van der Waals surface area (Å²) in [5, 5.41) is 11.9. The first kappa shape index (κ1) is 13.9. The van der Waals surface area contributed by atoms with Gasteiger partial charge in [-0.05, 0) is 42.7 Å². The van der Waals surface area contributed by atoms with Crippen molar-refractivity contribution in [3.8, 4) is 11.8 Å². The molecule has 20 heavy (non-hydrogen) atoms. The van der Waals surface area contributed by atoms with Crippen molar-refractivity contribution in [1.82, 2.24) is 4.98 Å². The van der Waals surface area contributed by atoms with Crippen molar-refractivity contribution in [2.45, 2.75) is 12.8 Å². The smallest absolute Gasteiger partial charge is 0.125 e. The standard InChI is InChI=1S/C16H17N3O/c1-20-15-7-4-13(5-8-15)3-2-10-18-16-9-6-14(11-17)12-19-16/h4-9,12H,2-3,10H2,1H3,(H,18,19). The second-order valence-electron chi connectivity index (χ2n) is 4.42. The zero-order chi connectivity index (χ0) is 14.2. The lowest BCUT2D eigenvalue weighted by Crippen LogP contribution is -2.04. The quantitative estimate of drug-likeness (QED) is 0.817. The maximum absolute atomic E-state index is 8.69. The summed E-state index contributed by atoms with van der Waals surface area (Å²) >= 11 is 0. The van der Waals surface area contributed by atoms with Crippen LogP contribution in [0.1, 0.15) is 17.5 Å². The van der Waals surface area contributed by atoms with Crippen LogP contribution in [0.4, 0.5) is 5.82 Å². The van der Waals surface area contributed by atoms with E-state index in [9.17, 15) is 0 Å². The molecule has 0 saturated heterocycles. The molecule has 4 heteroatoms. The van der Waals surface area contributed by atoms with Gasteiger partial charge in [-0.25, -0.2) is 4.98 Å². The van der Waals surface area contributed by atoms with Crippen LogP contribution >= 0.6 is 0 Å². The van der Waals surface area contributed by atoms with Gasteiger partial charge in [0, 0.05) is 12.7 Å². The van der Waals surface area contributed by atoms with Crippen LogP contribution in [0.25, 0.3) is 0 Å². The van der Waals surface area contributed by atoms with Crippen molar-refractivity contribution in [3.63, 3.8) is 0 Å². The van der Waals surface area contributed by atoms with Crippen LogP contribution in [0.3, 0.4) is 0 Å². The minimum Gasteiger partial charge on any atom is -0.497 e. The van der Waals surface area contributed by atoms with Crippen molar-refractivity contribution in [1.29, 1.82) is 5.26 Å². The highest BCUT2D eigenvalue weighted by molar-refractivity contribution is 5.38. The molecule has 4 nitrogen and oxygen atoms in total. The van der Waals surface area contributed by atoms with Crippen LogP contribution in [0.5, 0.6) is 5.75 Å². The number of aromatic nitrogens is 1. The molecule has 0 unspecified atom stereocenters. The Morgan fingerprint density at radius 1 is 1.20 bits per heavy atom. The summed E-state index contributed by atoms with van der Waals surface area (Å²) in [4.78, 5) is 4.17. The van der Waals surface area contributed by atoms with Crippen molar-refractivity contribution >= 4 is 5.82 Å². The minimum atomic E-state index is 0.578. The molecular weight excluding hydrogens is 250 g/mol. The Morgan fingerprint density at radius 2 is 2.00 bits per heavy atom. The van der Waals surface area contributed by atoms with Crippen LogP contribution in [0.15, 0.2) is 42.6 Å². The van der Waals surface area contributed by atoms with E-state index in [0.717, 1.165) is 31.0 Å². The van der Waals surface area contributed by atoms with Crippen molar-refractivity contribution in [2.75, 3.05) is 19.0 Å². The number of methoxy groups -OCH3 is 1. The van der Waals surface area contributed by atoms with E-state index in [4.69, 9.17) is 10.00 Å². The molecule has 0 saturated carbocycles. The third kappa shape index (κ3) is 3.99. The summed E-state index contributed by atoms with van der Waals surface area (Å²) in [5.41, 5.74) is 1.87. The molecule has 102 valence electrons. The average molecular weight is 267 g/mol. The number of hydrogen-bond donors (Lipinski definition) is 1. The van der Waals surface area contributed by atoms with Gasteiger partial charge in [0.1, 0.15) is 17.6 Å². The van der Waals surface area contributed by atoms with E-state index < -0.39 is 0 Å². The van der Waals surface area contributed by atoms with Gasteiger partial charge in [0.25, 0.3) is 0 Å². The fraction of sp³-hybridized carbons (Fsp3) is 0.250. The second-order valence-corrected chi connectivity index (χ2v) is 4.42. The number of ether oxygens (including phenoxy) is 1. The van der Waals surface area contributed by atoms with Gasteiger partial charge in [-0.2, -0.15) is 5.26 Å². The van der Waals surface area contributed by atoms with Gasteiger partial charge in [0.2, 0.25) is 0 Å². The second kappa shape index (κ2) is 7.15. The minimum absolute atomic E-state index is 0.578. The molecule has 0 aliphatic heterocycles. The highest BCUT2D eigenvalue weighted by atomic mass is 16.5. The van der Waals surface area contributed by atoms with Gasteiger partial charge in [-0.1, -0.05) is 12.1 Å². The normalized spacial score (nSPS) is 9.80. The molecular formula is C16H17N3O. The highest BCUT2D eigenvalue weighted by Gasteiger charge is 1.97. The van der Waals surface area contributed by atoms with Gasteiger partial charge >= 0.3 is 0 Å². The van der Waals surface area contributed by atoms with Crippen LogP contribution < -0.4 is 10.1 Å². The van der Waals surface area contributed by atoms with E-state index in [1.807, 2.05) is 18.2 Å². The molecule has 1 aromatic carbocycles. The first-order valence-electron chi connectivity index (χ1n) is 6.55. The Labute approximate surface area is 119 Å². The number of rotatable bonds is 6. The number of nitriles is 1. The Hall–Kier alpha value is -2.54. The number of aryl methyl sites for hydroxylation is 1. The molecule has 1 aromatic heterocycles. The number of pyridine rings is 1. The van der Waals surface area contributed by atoms with Gasteiger partial charge in [0.15, 0.2) is 0 Å². The maximum atomic E-state index is 8.69. The highest BCUT2D eigenvalue weighted by Crippen LogP contribution is 2.12. The van der Waals surface area contributed by atoms with Crippen LogP contribution in [-0.2, 0) is 6.42 Å². The lowest BCUT2D eigenvalue weighted by Gasteiger charge is -2.06. The zero-order valence-corrected chi connectivity index (χ0v) is 11.5. The summed E-state index contributed by atoms with van der Waals surface area (Å²) in [5.74, 6) is 1.69. The predicted octanol–water partition coefficient (Wildman–Crippen LogP) is 3.01. The Kier molecular flexibility index (Phi) is 4.96. The average Bonchev–Trinajstić information content (AvgIpc) is 2.53. The summed E-state index contributed by atoms with van der Waals surface area (Å²) in [6, 6.07) is 13.8. The van der Waals surface area contributed by atoms with Crippen molar-refractivity contribution < 1.29 is 4.74 Å². The lowest BCUT2D eigenvalue weighted by atomic mass is 10.1. The topological polar surface area (TPSA) is 57.9 Å². The third-order valence-corrected chi connectivity index (χ3v) is 3.00. The third-order valence-electron chi connectivity index (χ3n) is 3.00. The molecule has 1 heterocycles. The molecule has 0 fully saturated rings. The fourth-order valence-corrected chi connectivity index (χ4v) is 1.87. The van der Waals surface area contributed by atoms with Gasteiger partial charge in [-0.15, -0.1) is 0 Å². The Bertz CT molecular complexity index is 570. The summed E-state index contributed by atoms with van der Waals surface area (Å²) in [6.07, 6.45) is 3.60. The van der Waals surface area contributed by atoms with Crippen LogP contribution in [0, 0.1) is 11.3 Å². The molecule has 0 aliphatic carbocycles. The number of nitrogens with one attached hydrogen (secondary N) is 1. The molecule has 0 amide bonds. The van der Waals surface area contributed by atoms with Gasteiger partial charge in [0.05, 0.1) is 12.7 Å². The van der Waals surface area contributed by atoms with Crippen LogP contribution in [-0.4, -0.2) is 18.6 Å². The molecule has 2 aromatic rings. The zero-order valence-electron chi connectivity index (χ0n) is 11.5.